The second kappa shape index (κ2) is 8.98. The molecule has 8 nitrogen and oxygen atoms in total. The van der Waals surface area contributed by atoms with Crippen LogP contribution in [-0.4, -0.2) is 38.4 Å². The standard InChI is InChI=1S/C18H23N5O3S/c1-27-18-21-20-16(22(18)14-7-2-3-8-14)10-5-11-19-17(24)13-6-4-9-15(12-13)23(25)26/h4,6,9,12,14H,2-3,5,7-8,10-11H2,1H3,(H,19,24). The Morgan fingerprint density at radius 2 is 2.15 bits per heavy atom. The third-order valence-electron chi connectivity index (χ3n) is 4.79. The number of thioether (sulfide) groups is 1. The molecule has 0 saturated heterocycles. The summed E-state index contributed by atoms with van der Waals surface area (Å²) in [7, 11) is 0. The van der Waals surface area contributed by atoms with E-state index < -0.39 is 4.92 Å². The summed E-state index contributed by atoms with van der Waals surface area (Å²) in [6, 6.07) is 6.23. The van der Waals surface area contributed by atoms with E-state index in [0.717, 1.165) is 23.8 Å². The molecule has 0 radical (unpaired) electrons. The Balaban J connectivity index is 1.54. The molecule has 2 aromatic rings. The molecule has 0 aliphatic heterocycles. The average molecular weight is 389 g/mol. The number of hydrogen-bond acceptors (Lipinski definition) is 6. The third-order valence-corrected chi connectivity index (χ3v) is 5.43. The van der Waals surface area contributed by atoms with Crippen LogP contribution in [0.15, 0.2) is 29.4 Å². The molecule has 0 bridgehead atoms. The zero-order valence-electron chi connectivity index (χ0n) is 15.3. The smallest absolute Gasteiger partial charge is 0.270 e. The highest BCUT2D eigenvalue weighted by Crippen LogP contribution is 2.33. The van der Waals surface area contributed by atoms with Crippen LogP contribution in [0.5, 0.6) is 0 Å². The van der Waals surface area contributed by atoms with Gasteiger partial charge in [-0.05, 0) is 31.6 Å². The van der Waals surface area contributed by atoms with Crippen molar-refractivity contribution >= 4 is 23.4 Å². The number of non-ortho nitro benzene ring substituents is 1. The van der Waals surface area contributed by atoms with Crippen molar-refractivity contribution in [3.8, 4) is 0 Å². The quantitative estimate of drug-likeness (QED) is 0.321. The second-order valence-electron chi connectivity index (χ2n) is 6.58. The van der Waals surface area contributed by atoms with E-state index in [2.05, 4.69) is 20.1 Å². The summed E-state index contributed by atoms with van der Waals surface area (Å²) in [6.45, 7) is 0.480. The van der Waals surface area contributed by atoms with E-state index in [9.17, 15) is 14.9 Å². The summed E-state index contributed by atoms with van der Waals surface area (Å²) in [5, 5.41) is 23.2. The van der Waals surface area contributed by atoms with Gasteiger partial charge in [-0.25, -0.2) is 0 Å². The van der Waals surface area contributed by atoms with E-state index in [1.54, 1.807) is 17.8 Å². The lowest BCUT2D eigenvalue weighted by Crippen LogP contribution is -2.25. The van der Waals surface area contributed by atoms with Crippen LogP contribution in [0.3, 0.4) is 0 Å². The van der Waals surface area contributed by atoms with Crippen LogP contribution in [0.25, 0.3) is 0 Å². The van der Waals surface area contributed by atoms with E-state index in [4.69, 9.17) is 0 Å². The average Bonchev–Trinajstić information content (AvgIpc) is 3.34. The van der Waals surface area contributed by atoms with Crippen LogP contribution in [0.4, 0.5) is 5.69 Å². The van der Waals surface area contributed by atoms with Gasteiger partial charge in [-0.15, -0.1) is 10.2 Å². The van der Waals surface area contributed by atoms with Crippen LogP contribution >= 0.6 is 11.8 Å². The number of carbonyl (C=O) groups excluding carboxylic acids is 1. The highest BCUT2D eigenvalue weighted by atomic mass is 32.2. The summed E-state index contributed by atoms with van der Waals surface area (Å²) >= 11 is 1.61. The second-order valence-corrected chi connectivity index (χ2v) is 7.35. The largest absolute Gasteiger partial charge is 0.352 e. The first-order valence-corrected chi connectivity index (χ1v) is 10.3. The minimum Gasteiger partial charge on any atom is -0.352 e. The van der Waals surface area contributed by atoms with Gasteiger partial charge in [0.1, 0.15) is 5.82 Å². The van der Waals surface area contributed by atoms with E-state index in [1.165, 1.54) is 43.9 Å². The maximum absolute atomic E-state index is 12.2. The normalized spacial score (nSPS) is 14.4. The van der Waals surface area contributed by atoms with Gasteiger partial charge in [-0.3, -0.25) is 14.9 Å². The predicted octanol–water partition coefficient (Wildman–Crippen LogP) is 3.39. The molecule has 1 aromatic heterocycles. The van der Waals surface area contributed by atoms with Crippen LogP contribution in [0.2, 0.25) is 0 Å². The number of amides is 1. The van der Waals surface area contributed by atoms with Gasteiger partial charge in [0, 0.05) is 36.7 Å². The van der Waals surface area contributed by atoms with Crippen LogP contribution < -0.4 is 5.32 Å². The Labute approximate surface area is 161 Å². The van der Waals surface area contributed by atoms with Gasteiger partial charge < -0.3 is 9.88 Å². The Hall–Kier alpha value is -2.42. The minimum absolute atomic E-state index is 0.0862. The number of nitrogens with zero attached hydrogens (tertiary/aromatic N) is 4. The number of carbonyl (C=O) groups is 1. The molecule has 144 valence electrons. The highest BCUT2D eigenvalue weighted by Gasteiger charge is 2.23. The molecule has 9 heteroatoms. The lowest BCUT2D eigenvalue weighted by molar-refractivity contribution is -0.384. The van der Waals surface area contributed by atoms with Gasteiger partial charge in [0.2, 0.25) is 0 Å². The van der Waals surface area contributed by atoms with Crippen LogP contribution in [0, 0.1) is 10.1 Å². The molecule has 3 rings (SSSR count). The fraction of sp³-hybridized carbons (Fsp3) is 0.500. The van der Waals surface area contributed by atoms with Gasteiger partial charge in [-0.1, -0.05) is 30.7 Å². The monoisotopic (exact) mass is 389 g/mol. The fourth-order valence-electron chi connectivity index (χ4n) is 3.46. The Morgan fingerprint density at radius 1 is 1.37 bits per heavy atom. The Morgan fingerprint density at radius 3 is 2.85 bits per heavy atom. The lowest BCUT2D eigenvalue weighted by atomic mass is 10.2. The molecule has 0 atom stereocenters. The molecule has 1 heterocycles. The summed E-state index contributed by atoms with van der Waals surface area (Å²) in [5.41, 5.74) is 0.208. The zero-order valence-corrected chi connectivity index (χ0v) is 16.1. The molecule has 1 N–H and O–H groups in total. The topological polar surface area (TPSA) is 103 Å². The SMILES string of the molecule is CSc1nnc(CCCNC(=O)c2cccc([N+](=O)[O-])c2)n1C1CCCC1. The number of rotatable bonds is 8. The van der Waals surface area contributed by atoms with Crippen molar-refractivity contribution in [1.82, 2.24) is 20.1 Å². The van der Waals surface area contributed by atoms with Crippen molar-refractivity contribution in [1.29, 1.82) is 0 Å². The van der Waals surface area contributed by atoms with Crippen LogP contribution in [-0.2, 0) is 6.42 Å². The first-order chi connectivity index (χ1) is 13.1. The fourth-order valence-corrected chi connectivity index (χ4v) is 4.03. The molecule has 27 heavy (non-hydrogen) atoms. The summed E-state index contributed by atoms with van der Waals surface area (Å²) in [6.07, 6.45) is 8.31. The summed E-state index contributed by atoms with van der Waals surface area (Å²) in [5.74, 6) is 0.664. The summed E-state index contributed by atoms with van der Waals surface area (Å²) < 4.78 is 2.26. The van der Waals surface area contributed by atoms with Gasteiger partial charge >= 0.3 is 0 Å². The number of aryl methyl sites for hydroxylation is 1. The molecule has 0 spiro atoms. The predicted molar refractivity (Wildman–Crippen MR) is 103 cm³/mol. The first kappa shape index (κ1) is 19.3. The van der Waals surface area contributed by atoms with Gasteiger partial charge in [-0.2, -0.15) is 0 Å². The maximum atomic E-state index is 12.2. The van der Waals surface area contributed by atoms with Crippen molar-refractivity contribution in [2.75, 3.05) is 12.8 Å². The van der Waals surface area contributed by atoms with E-state index in [-0.39, 0.29) is 11.6 Å². The van der Waals surface area contributed by atoms with Gasteiger partial charge in [0.05, 0.1) is 4.92 Å². The maximum Gasteiger partial charge on any atom is 0.270 e. The molecule has 0 unspecified atom stereocenters. The van der Waals surface area contributed by atoms with Gasteiger partial charge in [0.15, 0.2) is 5.16 Å². The van der Waals surface area contributed by atoms with Crippen LogP contribution in [0.1, 0.15) is 54.3 Å². The molecule has 1 fully saturated rings. The zero-order chi connectivity index (χ0) is 19.2. The van der Waals surface area contributed by atoms with Crippen molar-refractivity contribution in [2.24, 2.45) is 0 Å². The Bertz CT molecular complexity index is 817. The minimum atomic E-state index is -0.504. The van der Waals surface area contributed by atoms with Crippen molar-refractivity contribution < 1.29 is 9.72 Å². The molecule has 1 aliphatic carbocycles. The molecule has 1 aromatic carbocycles. The van der Waals surface area contributed by atoms with Crippen molar-refractivity contribution in [2.45, 2.75) is 49.7 Å². The lowest BCUT2D eigenvalue weighted by Gasteiger charge is -2.16. The van der Waals surface area contributed by atoms with Gasteiger partial charge in [0.25, 0.3) is 11.6 Å². The molecule has 1 saturated carbocycles. The molecular formula is C18H23N5O3S. The van der Waals surface area contributed by atoms with Crippen molar-refractivity contribution in [3.63, 3.8) is 0 Å². The number of hydrogen-bond donors (Lipinski definition) is 1. The summed E-state index contributed by atoms with van der Waals surface area (Å²) in [4.78, 5) is 22.5. The number of nitrogens with one attached hydrogen (secondary N) is 1. The Kier molecular flexibility index (Phi) is 6.44. The number of aromatic nitrogens is 3. The van der Waals surface area contributed by atoms with E-state index in [1.807, 2.05) is 6.26 Å². The third kappa shape index (κ3) is 4.65. The molecular weight excluding hydrogens is 366 g/mol. The first-order valence-electron chi connectivity index (χ1n) is 9.10. The number of nitro groups is 1. The number of nitro benzene ring substituents is 1. The highest BCUT2D eigenvalue weighted by molar-refractivity contribution is 7.98. The van der Waals surface area contributed by atoms with E-state index >= 15 is 0 Å². The molecule has 1 aliphatic rings. The molecule has 1 amide bonds. The number of benzene rings is 1. The van der Waals surface area contributed by atoms with E-state index in [0.29, 0.717) is 18.2 Å². The van der Waals surface area contributed by atoms with Crippen molar-refractivity contribution in [3.05, 3.63) is 45.8 Å².